The summed E-state index contributed by atoms with van der Waals surface area (Å²) in [5.74, 6) is 0. The van der Waals surface area contributed by atoms with Crippen LogP contribution in [0.3, 0.4) is 0 Å². The van der Waals surface area contributed by atoms with E-state index in [1.807, 2.05) is 0 Å². The predicted molar refractivity (Wildman–Crippen MR) is 111 cm³/mol. The Labute approximate surface area is 168 Å². The van der Waals surface area contributed by atoms with E-state index in [0.29, 0.717) is 0 Å². The van der Waals surface area contributed by atoms with Crippen LogP contribution < -0.4 is 0 Å². The zero-order valence-electron chi connectivity index (χ0n) is 16.9. The zero-order chi connectivity index (χ0) is 18.7. The highest BCUT2D eigenvalue weighted by Gasteiger charge is 2.58. The first-order valence-corrected chi connectivity index (χ1v) is 11.3. The lowest BCUT2D eigenvalue weighted by molar-refractivity contribution is 0.131. The molecule has 0 aromatic heterocycles. The fraction of sp³-hybridized carbons (Fsp3) is 0.667. The van der Waals surface area contributed by atoms with Crippen LogP contribution in [0.5, 0.6) is 0 Å². The molecule has 0 bridgehead atoms. The number of allylic oxidation sites excluding steroid dienone is 4. The van der Waals surface area contributed by atoms with Crippen molar-refractivity contribution in [2.24, 2.45) is 32.1 Å². The van der Waals surface area contributed by atoms with E-state index in [4.69, 9.17) is 10.4 Å². The average Bonchev–Trinajstić information content (AvgIpc) is 3.25. The van der Waals surface area contributed by atoms with Gasteiger partial charge in [-0.15, -0.1) is 0 Å². The normalized spacial score (nSPS) is 46.0. The van der Waals surface area contributed by atoms with Gasteiger partial charge < -0.3 is 0 Å². The Bertz CT molecular complexity index is 683. The summed E-state index contributed by atoms with van der Waals surface area (Å²) in [6, 6.07) is 0. The van der Waals surface area contributed by atoms with E-state index in [0.717, 1.165) is 26.2 Å². The summed E-state index contributed by atoms with van der Waals surface area (Å²) in [6.45, 7) is 4.12. The molecule has 2 saturated heterocycles. The Morgan fingerprint density at radius 3 is 1.04 bits per heavy atom. The van der Waals surface area contributed by atoms with Gasteiger partial charge in [-0.3, -0.25) is 10.0 Å². The summed E-state index contributed by atoms with van der Waals surface area (Å²) in [4.78, 5) is 0. The third-order valence-electron chi connectivity index (χ3n) is 9.01. The summed E-state index contributed by atoms with van der Waals surface area (Å²) < 4.78 is 0. The van der Waals surface area contributed by atoms with Crippen molar-refractivity contribution in [2.45, 2.75) is 51.4 Å². The molecule has 148 valence electrons. The molecule has 4 aliphatic carbocycles. The van der Waals surface area contributed by atoms with Crippen molar-refractivity contribution in [3.8, 4) is 0 Å². The van der Waals surface area contributed by atoms with Crippen LogP contribution in [0.2, 0.25) is 0 Å². The van der Waals surface area contributed by atoms with Gasteiger partial charge in [-0.25, -0.2) is 0 Å². The standard InChI is InChI=1S/C24H32N4/c1-2-10-22-12-4-3-11-21(22,9-1)17-27(18-22)25-26-28-19-23-13-5-6-14-24(23,20-28)16-8-7-15-23/h1-2,5-6,9-10,13-14H,3-4,7-8,11-12,15-20H2/b26-25-/t21-,22-,23-,24+/m1/s1. The summed E-state index contributed by atoms with van der Waals surface area (Å²) in [7, 11) is 0. The molecular weight excluding hydrogens is 344 g/mol. The van der Waals surface area contributed by atoms with Crippen LogP contribution in [-0.2, 0) is 0 Å². The molecule has 4 heteroatoms. The van der Waals surface area contributed by atoms with Crippen molar-refractivity contribution in [1.29, 1.82) is 0 Å². The van der Waals surface area contributed by atoms with Crippen molar-refractivity contribution in [3.05, 3.63) is 48.6 Å². The zero-order valence-corrected chi connectivity index (χ0v) is 16.9. The minimum atomic E-state index is 0.287. The first-order chi connectivity index (χ1) is 13.7. The highest BCUT2D eigenvalue weighted by Crippen LogP contribution is 2.60. The number of hydrogen-bond acceptors (Lipinski definition) is 2. The Morgan fingerprint density at radius 2 is 0.750 bits per heavy atom. The van der Waals surface area contributed by atoms with E-state index in [2.05, 4.69) is 58.6 Å². The predicted octanol–water partition coefficient (Wildman–Crippen LogP) is 5.25. The van der Waals surface area contributed by atoms with Gasteiger partial charge in [-0.2, -0.15) is 0 Å². The maximum Gasteiger partial charge on any atom is 0.0478 e. The minimum absolute atomic E-state index is 0.287. The average molecular weight is 377 g/mol. The van der Waals surface area contributed by atoms with E-state index >= 15 is 0 Å². The second kappa shape index (κ2) is 5.84. The van der Waals surface area contributed by atoms with Crippen LogP contribution in [0.15, 0.2) is 59.1 Å². The maximum absolute atomic E-state index is 4.82. The van der Waals surface area contributed by atoms with E-state index in [-0.39, 0.29) is 21.7 Å². The molecule has 4 fully saturated rings. The number of hydrogen-bond donors (Lipinski definition) is 0. The van der Waals surface area contributed by atoms with Crippen LogP contribution in [0.1, 0.15) is 51.4 Å². The summed E-state index contributed by atoms with van der Waals surface area (Å²) in [5, 5.41) is 14.2. The lowest BCUT2D eigenvalue weighted by atomic mass is 9.56. The van der Waals surface area contributed by atoms with Gasteiger partial charge in [0.05, 0.1) is 0 Å². The van der Waals surface area contributed by atoms with Gasteiger partial charge in [0.1, 0.15) is 0 Å². The molecule has 0 aromatic carbocycles. The lowest BCUT2D eigenvalue weighted by Gasteiger charge is -2.46. The molecule has 28 heavy (non-hydrogen) atoms. The molecule has 6 aliphatic rings. The van der Waals surface area contributed by atoms with Crippen LogP contribution in [0.4, 0.5) is 0 Å². The van der Waals surface area contributed by atoms with Crippen molar-refractivity contribution in [1.82, 2.24) is 10.0 Å². The molecule has 2 heterocycles. The lowest BCUT2D eigenvalue weighted by Crippen LogP contribution is -2.42. The fourth-order valence-corrected chi connectivity index (χ4v) is 7.52. The molecular formula is C24H32N4. The molecule has 0 spiro atoms. The topological polar surface area (TPSA) is 31.2 Å². The third kappa shape index (κ3) is 2.18. The van der Waals surface area contributed by atoms with Gasteiger partial charge in [0.15, 0.2) is 0 Å². The molecule has 6 rings (SSSR count). The van der Waals surface area contributed by atoms with E-state index in [1.54, 1.807) is 0 Å². The van der Waals surface area contributed by atoms with Gasteiger partial charge in [-0.05, 0) is 25.7 Å². The van der Waals surface area contributed by atoms with E-state index in [9.17, 15) is 0 Å². The Hall–Kier alpha value is -1.84. The second-order valence-electron chi connectivity index (χ2n) is 10.3. The maximum atomic E-state index is 4.82. The van der Waals surface area contributed by atoms with Crippen molar-refractivity contribution < 1.29 is 0 Å². The van der Waals surface area contributed by atoms with Crippen molar-refractivity contribution in [2.75, 3.05) is 26.2 Å². The monoisotopic (exact) mass is 376 g/mol. The SMILES string of the molecule is C1=C[C@@]23CCCC[C@]2(C=C1)CN(/N=N\N1C[C@]24C=CC=C[C@@]2(CCCC4)C1)C3. The highest BCUT2D eigenvalue weighted by molar-refractivity contribution is 5.31. The van der Waals surface area contributed by atoms with Crippen LogP contribution in [0.25, 0.3) is 0 Å². The summed E-state index contributed by atoms with van der Waals surface area (Å²) in [6.07, 6.45) is 29.5. The summed E-state index contributed by atoms with van der Waals surface area (Å²) >= 11 is 0. The molecule has 0 radical (unpaired) electrons. The Balaban J connectivity index is 1.23. The van der Waals surface area contributed by atoms with Gasteiger partial charge in [-0.1, -0.05) is 84.7 Å². The van der Waals surface area contributed by atoms with Crippen LogP contribution in [-0.4, -0.2) is 36.2 Å². The third-order valence-corrected chi connectivity index (χ3v) is 9.01. The molecule has 0 unspecified atom stereocenters. The van der Waals surface area contributed by atoms with Gasteiger partial charge in [0.2, 0.25) is 0 Å². The van der Waals surface area contributed by atoms with Gasteiger partial charge in [0, 0.05) is 47.8 Å². The molecule has 2 saturated carbocycles. The first kappa shape index (κ1) is 17.1. The van der Waals surface area contributed by atoms with Crippen molar-refractivity contribution in [3.63, 3.8) is 0 Å². The number of nitrogens with zero attached hydrogens (tertiary/aromatic N) is 4. The van der Waals surface area contributed by atoms with E-state index < -0.39 is 0 Å². The Kier molecular flexibility index (Phi) is 3.56. The molecule has 4 atom stereocenters. The van der Waals surface area contributed by atoms with Crippen LogP contribution in [0, 0.1) is 21.7 Å². The fourth-order valence-electron chi connectivity index (χ4n) is 7.52. The van der Waals surface area contributed by atoms with Gasteiger partial charge in [0.25, 0.3) is 0 Å². The minimum Gasteiger partial charge on any atom is -0.275 e. The van der Waals surface area contributed by atoms with Gasteiger partial charge >= 0.3 is 0 Å². The molecule has 0 aromatic rings. The first-order valence-electron chi connectivity index (χ1n) is 11.3. The second-order valence-corrected chi connectivity index (χ2v) is 10.3. The van der Waals surface area contributed by atoms with Crippen LogP contribution >= 0.6 is 0 Å². The Morgan fingerprint density at radius 1 is 0.464 bits per heavy atom. The largest absolute Gasteiger partial charge is 0.275 e. The van der Waals surface area contributed by atoms with Crippen molar-refractivity contribution >= 4 is 0 Å². The number of rotatable bonds is 2. The molecule has 0 amide bonds. The highest BCUT2D eigenvalue weighted by atomic mass is 15.7. The van der Waals surface area contributed by atoms with E-state index in [1.165, 1.54) is 51.4 Å². The molecule has 4 nitrogen and oxygen atoms in total. The quantitative estimate of drug-likeness (QED) is 0.617. The smallest absolute Gasteiger partial charge is 0.0478 e. The summed E-state index contributed by atoms with van der Waals surface area (Å²) in [5.41, 5.74) is 1.15. The molecule has 0 N–H and O–H groups in total. The molecule has 2 aliphatic heterocycles.